The first-order valence-corrected chi connectivity index (χ1v) is 12.6. The molecule has 0 amide bonds. The molecule has 0 bridgehead atoms. The van der Waals surface area contributed by atoms with Gasteiger partial charge in [-0.2, -0.15) is 0 Å². The zero-order chi connectivity index (χ0) is 21.4. The molecular formula is C24H29NO5S. The van der Waals surface area contributed by atoms with E-state index in [1.54, 1.807) is 24.3 Å². The minimum Gasteiger partial charge on any atom is -0.493 e. The maximum atomic E-state index is 13.5. The van der Waals surface area contributed by atoms with E-state index in [1.165, 1.54) is 0 Å². The van der Waals surface area contributed by atoms with Crippen molar-refractivity contribution in [1.82, 2.24) is 5.32 Å². The predicted molar refractivity (Wildman–Crippen MR) is 117 cm³/mol. The summed E-state index contributed by atoms with van der Waals surface area (Å²) in [7, 11) is -3.69. The van der Waals surface area contributed by atoms with Gasteiger partial charge in [0.1, 0.15) is 17.6 Å². The molecule has 2 saturated heterocycles. The summed E-state index contributed by atoms with van der Waals surface area (Å²) < 4.78 is 44.5. The number of benzene rings is 2. The molecule has 1 N–H and O–H groups in total. The fraction of sp³-hybridized carbons (Fsp3) is 0.500. The second-order valence-electron chi connectivity index (χ2n) is 8.70. The minimum absolute atomic E-state index is 0.0883. The molecule has 2 unspecified atom stereocenters. The van der Waals surface area contributed by atoms with Gasteiger partial charge in [-0.25, -0.2) is 8.42 Å². The highest BCUT2D eigenvalue weighted by molar-refractivity contribution is 7.91. The predicted octanol–water partition coefficient (Wildman–Crippen LogP) is 3.47. The van der Waals surface area contributed by atoms with Gasteiger partial charge in [-0.1, -0.05) is 12.1 Å². The average Bonchev–Trinajstić information content (AvgIpc) is 3.17. The molecule has 3 aliphatic heterocycles. The molecule has 2 atom stereocenters. The number of piperidine rings is 1. The summed E-state index contributed by atoms with van der Waals surface area (Å²) in [6, 6.07) is 10.6. The Balaban J connectivity index is 1.40. The molecule has 2 aromatic carbocycles. The van der Waals surface area contributed by atoms with Gasteiger partial charge in [0, 0.05) is 36.8 Å². The van der Waals surface area contributed by atoms with E-state index in [1.807, 2.05) is 19.1 Å². The lowest BCUT2D eigenvalue weighted by Crippen LogP contribution is -2.39. The van der Waals surface area contributed by atoms with Gasteiger partial charge in [0.2, 0.25) is 9.84 Å². The molecule has 5 rings (SSSR count). The van der Waals surface area contributed by atoms with E-state index in [4.69, 9.17) is 14.2 Å². The van der Waals surface area contributed by atoms with E-state index < -0.39 is 9.84 Å². The Morgan fingerprint density at radius 3 is 2.81 bits per heavy atom. The number of hydrogen-bond donors (Lipinski definition) is 1. The first-order chi connectivity index (χ1) is 15.0. The lowest BCUT2D eigenvalue weighted by atomic mass is 9.90. The van der Waals surface area contributed by atoms with Gasteiger partial charge in [0.15, 0.2) is 0 Å². The van der Waals surface area contributed by atoms with Crippen LogP contribution in [0.4, 0.5) is 0 Å². The molecule has 166 valence electrons. The third-order valence-corrected chi connectivity index (χ3v) is 8.63. The normalized spacial score (nSPS) is 23.6. The minimum atomic E-state index is -3.69. The van der Waals surface area contributed by atoms with Gasteiger partial charge in [-0.3, -0.25) is 0 Å². The van der Waals surface area contributed by atoms with Crippen molar-refractivity contribution in [2.24, 2.45) is 5.92 Å². The molecule has 31 heavy (non-hydrogen) atoms. The third kappa shape index (κ3) is 3.95. The Kier molecular flexibility index (Phi) is 5.67. The van der Waals surface area contributed by atoms with Crippen LogP contribution in [0.1, 0.15) is 36.3 Å². The summed E-state index contributed by atoms with van der Waals surface area (Å²) in [4.78, 5) is 0.552. The molecule has 0 radical (unpaired) electrons. The van der Waals surface area contributed by atoms with Crippen molar-refractivity contribution in [3.05, 3.63) is 47.5 Å². The number of ether oxygens (including phenoxy) is 3. The van der Waals surface area contributed by atoms with Crippen LogP contribution in [0, 0.1) is 12.8 Å². The average molecular weight is 444 g/mol. The Labute approximate surface area is 183 Å². The second-order valence-corrected chi connectivity index (χ2v) is 10.6. The molecule has 7 heteroatoms. The SMILES string of the molecule is Cc1c(OCC2CCOCC2)cccc1S(=O)(=O)c1ccc2c(c1)OC1CNCCC21. The molecule has 0 spiro atoms. The van der Waals surface area contributed by atoms with Crippen LogP contribution in [0.3, 0.4) is 0 Å². The highest BCUT2D eigenvalue weighted by Gasteiger charge is 2.37. The lowest BCUT2D eigenvalue weighted by molar-refractivity contribution is 0.0496. The Bertz CT molecular complexity index is 1060. The summed E-state index contributed by atoms with van der Waals surface area (Å²) in [5, 5.41) is 3.35. The van der Waals surface area contributed by atoms with Crippen molar-refractivity contribution >= 4 is 9.84 Å². The second kappa shape index (κ2) is 8.45. The van der Waals surface area contributed by atoms with Gasteiger partial charge in [0.25, 0.3) is 0 Å². The fourth-order valence-electron chi connectivity index (χ4n) is 4.85. The molecule has 3 heterocycles. The van der Waals surface area contributed by atoms with Gasteiger partial charge in [-0.05, 0) is 62.9 Å². The summed E-state index contributed by atoms with van der Waals surface area (Å²) in [6.07, 6.45) is 3.05. The van der Waals surface area contributed by atoms with E-state index in [2.05, 4.69) is 5.32 Å². The van der Waals surface area contributed by atoms with Crippen LogP contribution < -0.4 is 14.8 Å². The van der Waals surface area contributed by atoms with Gasteiger partial charge >= 0.3 is 0 Å². The number of rotatable bonds is 5. The van der Waals surface area contributed by atoms with Crippen molar-refractivity contribution in [2.45, 2.75) is 48.0 Å². The van der Waals surface area contributed by atoms with Crippen molar-refractivity contribution in [2.75, 3.05) is 32.9 Å². The molecule has 0 saturated carbocycles. The highest BCUT2D eigenvalue weighted by Crippen LogP contribution is 2.43. The smallest absolute Gasteiger partial charge is 0.207 e. The summed E-state index contributed by atoms with van der Waals surface area (Å²) >= 11 is 0. The molecule has 3 aliphatic rings. The van der Waals surface area contributed by atoms with Crippen LogP contribution in [-0.2, 0) is 14.6 Å². The lowest BCUT2D eigenvalue weighted by Gasteiger charge is -2.24. The number of fused-ring (bicyclic) bond motifs is 3. The zero-order valence-electron chi connectivity index (χ0n) is 17.8. The molecule has 6 nitrogen and oxygen atoms in total. The number of sulfone groups is 1. The van der Waals surface area contributed by atoms with Gasteiger partial charge in [0.05, 0.1) is 16.4 Å². The van der Waals surface area contributed by atoms with Crippen LogP contribution in [0.2, 0.25) is 0 Å². The number of nitrogens with one attached hydrogen (secondary N) is 1. The third-order valence-electron chi connectivity index (χ3n) is 6.74. The zero-order valence-corrected chi connectivity index (χ0v) is 18.6. The Hall–Kier alpha value is -2.09. The Morgan fingerprint density at radius 2 is 1.97 bits per heavy atom. The van der Waals surface area contributed by atoms with Crippen molar-refractivity contribution < 1.29 is 22.6 Å². The molecule has 0 aliphatic carbocycles. The summed E-state index contributed by atoms with van der Waals surface area (Å²) in [5.74, 6) is 2.11. The van der Waals surface area contributed by atoms with E-state index in [0.29, 0.717) is 35.5 Å². The van der Waals surface area contributed by atoms with E-state index in [0.717, 1.165) is 51.1 Å². The van der Waals surface area contributed by atoms with Crippen molar-refractivity contribution in [1.29, 1.82) is 0 Å². The van der Waals surface area contributed by atoms with E-state index in [-0.39, 0.29) is 15.9 Å². The first kappa shape index (κ1) is 20.8. The largest absolute Gasteiger partial charge is 0.493 e. The van der Waals surface area contributed by atoms with E-state index >= 15 is 0 Å². The monoisotopic (exact) mass is 443 g/mol. The van der Waals surface area contributed by atoms with Crippen molar-refractivity contribution in [3.8, 4) is 11.5 Å². The van der Waals surface area contributed by atoms with Crippen LogP contribution in [0.15, 0.2) is 46.2 Å². The van der Waals surface area contributed by atoms with Crippen LogP contribution in [0.5, 0.6) is 11.5 Å². The van der Waals surface area contributed by atoms with Crippen LogP contribution in [0.25, 0.3) is 0 Å². The maximum absolute atomic E-state index is 13.5. The fourth-order valence-corrected chi connectivity index (χ4v) is 6.38. The summed E-state index contributed by atoms with van der Waals surface area (Å²) in [5.41, 5.74) is 1.77. The summed E-state index contributed by atoms with van der Waals surface area (Å²) in [6.45, 7) is 5.68. The number of hydrogen-bond acceptors (Lipinski definition) is 6. The molecule has 2 fully saturated rings. The maximum Gasteiger partial charge on any atom is 0.207 e. The molecular weight excluding hydrogens is 414 g/mol. The van der Waals surface area contributed by atoms with E-state index in [9.17, 15) is 8.42 Å². The van der Waals surface area contributed by atoms with Crippen LogP contribution >= 0.6 is 0 Å². The highest BCUT2D eigenvalue weighted by atomic mass is 32.2. The van der Waals surface area contributed by atoms with Crippen LogP contribution in [-0.4, -0.2) is 47.4 Å². The van der Waals surface area contributed by atoms with Gasteiger partial charge < -0.3 is 19.5 Å². The standard InChI is InChI=1S/C24H29NO5S/c1-16-21(29-15-17-8-11-28-12-9-17)3-2-4-24(16)31(26,27)18-5-6-19-20-7-10-25-14-23(20)30-22(19)13-18/h2-6,13,17,20,23,25H,7-12,14-15H2,1H3. The topological polar surface area (TPSA) is 73.9 Å². The van der Waals surface area contributed by atoms with Gasteiger partial charge in [-0.15, -0.1) is 0 Å². The van der Waals surface area contributed by atoms with Crippen molar-refractivity contribution in [3.63, 3.8) is 0 Å². The first-order valence-electron chi connectivity index (χ1n) is 11.1. The molecule has 0 aromatic heterocycles. The molecule has 2 aromatic rings. The quantitative estimate of drug-likeness (QED) is 0.763. The Morgan fingerprint density at radius 1 is 1.13 bits per heavy atom.